The van der Waals surface area contributed by atoms with Gasteiger partial charge in [0.05, 0.1) is 0 Å². The number of hydrogen-bond donors (Lipinski definition) is 2. The van der Waals surface area contributed by atoms with E-state index in [1.54, 1.807) is 0 Å². The summed E-state index contributed by atoms with van der Waals surface area (Å²) in [6.07, 6.45) is 2.54. The minimum absolute atomic E-state index is 0.753. The van der Waals surface area contributed by atoms with Gasteiger partial charge in [-0.25, -0.2) is 0 Å². The van der Waals surface area contributed by atoms with Crippen LogP contribution in [0.25, 0.3) is 0 Å². The van der Waals surface area contributed by atoms with E-state index >= 15 is 0 Å². The fourth-order valence-corrected chi connectivity index (χ4v) is 2.48. The minimum atomic E-state index is 0.753. The van der Waals surface area contributed by atoms with Crippen molar-refractivity contribution in [3.8, 4) is 0 Å². The first-order valence-electron chi connectivity index (χ1n) is 4.85. The molecule has 0 aliphatic carbocycles. The van der Waals surface area contributed by atoms with Gasteiger partial charge in [-0.1, -0.05) is 6.92 Å². The Morgan fingerprint density at radius 1 is 1.58 bits per heavy atom. The molecule has 1 rings (SSSR count). The molecule has 1 aliphatic heterocycles. The molecule has 1 heterocycles. The molecule has 0 aromatic carbocycles. The predicted octanol–water partition coefficient (Wildman–Crippen LogP) is 1.07. The molecule has 0 aromatic heterocycles. The quantitative estimate of drug-likeness (QED) is 0.655. The van der Waals surface area contributed by atoms with Crippen LogP contribution in [-0.2, 0) is 0 Å². The molecule has 2 nitrogen and oxygen atoms in total. The van der Waals surface area contributed by atoms with Crippen molar-refractivity contribution >= 4 is 11.8 Å². The lowest BCUT2D eigenvalue weighted by atomic mass is 10.0. The summed E-state index contributed by atoms with van der Waals surface area (Å²) >= 11 is 2.07. The number of nitrogens with one attached hydrogen (secondary N) is 1. The monoisotopic (exact) mass is 188 g/mol. The van der Waals surface area contributed by atoms with Crippen LogP contribution in [0.1, 0.15) is 19.8 Å². The first-order valence-corrected chi connectivity index (χ1v) is 5.90. The zero-order valence-electron chi connectivity index (χ0n) is 7.88. The van der Waals surface area contributed by atoms with Gasteiger partial charge < -0.3 is 11.1 Å². The van der Waals surface area contributed by atoms with Gasteiger partial charge in [0.15, 0.2) is 0 Å². The molecule has 0 spiro atoms. The number of thioether (sulfide) groups is 1. The second-order valence-electron chi connectivity index (χ2n) is 3.57. The van der Waals surface area contributed by atoms with E-state index in [2.05, 4.69) is 24.0 Å². The third-order valence-electron chi connectivity index (χ3n) is 2.37. The van der Waals surface area contributed by atoms with Gasteiger partial charge in [-0.3, -0.25) is 0 Å². The van der Waals surface area contributed by atoms with E-state index in [0.29, 0.717) is 0 Å². The second kappa shape index (κ2) is 5.84. The highest BCUT2D eigenvalue weighted by molar-refractivity contribution is 7.99. The Labute approximate surface area is 79.7 Å². The smallest absolute Gasteiger partial charge is 0.00307 e. The zero-order valence-corrected chi connectivity index (χ0v) is 8.70. The van der Waals surface area contributed by atoms with Gasteiger partial charge in [0, 0.05) is 5.25 Å². The van der Waals surface area contributed by atoms with Crippen molar-refractivity contribution in [2.24, 2.45) is 11.7 Å². The molecule has 1 fully saturated rings. The molecule has 1 aliphatic rings. The molecule has 0 bridgehead atoms. The van der Waals surface area contributed by atoms with Crippen LogP contribution < -0.4 is 11.1 Å². The Bertz CT molecular complexity index is 115. The number of hydrogen-bond acceptors (Lipinski definition) is 3. The molecule has 3 heteroatoms. The maximum absolute atomic E-state index is 5.47. The SMILES string of the molecule is CC(CCN)SCCC1CNC1. The maximum Gasteiger partial charge on any atom is 0.00307 e. The van der Waals surface area contributed by atoms with Gasteiger partial charge in [-0.2, -0.15) is 11.8 Å². The molecule has 12 heavy (non-hydrogen) atoms. The van der Waals surface area contributed by atoms with E-state index in [0.717, 1.165) is 24.1 Å². The molecular weight excluding hydrogens is 168 g/mol. The van der Waals surface area contributed by atoms with Gasteiger partial charge in [-0.15, -0.1) is 0 Å². The van der Waals surface area contributed by atoms with E-state index in [-0.39, 0.29) is 0 Å². The van der Waals surface area contributed by atoms with E-state index in [1.807, 2.05) is 0 Å². The fourth-order valence-electron chi connectivity index (χ4n) is 1.31. The number of nitrogens with two attached hydrogens (primary N) is 1. The van der Waals surface area contributed by atoms with Crippen molar-refractivity contribution in [3.63, 3.8) is 0 Å². The summed E-state index contributed by atoms with van der Waals surface area (Å²) in [5, 5.41) is 4.05. The van der Waals surface area contributed by atoms with Crippen LogP contribution in [0.3, 0.4) is 0 Å². The third kappa shape index (κ3) is 3.78. The Hall–Kier alpha value is 0.270. The van der Waals surface area contributed by atoms with Crippen LogP contribution >= 0.6 is 11.8 Å². The Kier molecular flexibility index (Phi) is 5.04. The third-order valence-corrected chi connectivity index (χ3v) is 3.64. The number of rotatable bonds is 6. The lowest BCUT2D eigenvalue weighted by molar-refractivity contribution is 0.341. The summed E-state index contributed by atoms with van der Waals surface area (Å²) in [6, 6.07) is 0. The van der Waals surface area contributed by atoms with Gasteiger partial charge in [0.25, 0.3) is 0 Å². The summed E-state index contributed by atoms with van der Waals surface area (Å²) in [7, 11) is 0. The average Bonchev–Trinajstić information content (AvgIpc) is 1.95. The topological polar surface area (TPSA) is 38.0 Å². The van der Waals surface area contributed by atoms with E-state index < -0.39 is 0 Å². The molecule has 3 N–H and O–H groups in total. The minimum Gasteiger partial charge on any atom is -0.330 e. The highest BCUT2D eigenvalue weighted by Gasteiger charge is 2.16. The van der Waals surface area contributed by atoms with E-state index in [4.69, 9.17) is 5.73 Å². The summed E-state index contributed by atoms with van der Waals surface area (Å²) < 4.78 is 0. The fraction of sp³-hybridized carbons (Fsp3) is 1.00. The molecule has 0 saturated carbocycles. The molecule has 0 radical (unpaired) electrons. The highest BCUT2D eigenvalue weighted by Crippen LogP contribution is 2.18. The molecule has 0 aromatic rings. The van der Waals surface area contributed by atoms with E-state index in [1.165, 1.54) is 25.3 Å². The van der Waals surface area contributed by atoms with Crippen LogP contribution in [0.5, 0.6) is 0 Å². The van der Waals surface area contributed by atoms with Gasteiger partial charge >= 0.3 is 0 Å². The van der Waals surface area contributed by atoms with Crippen LogP contribution in [0.2, 0.25) is 0 Å². The largest absolute Gasteiger partial charge is 0.330 e. The molecule has 1 atom stereocenters. The summed E-state index contributed by atoms with van der Waals surface area (Å²) in [5.74, 6) is 2.27. The Morgan fingerprint density at radius 2 is 2.33 bits per heavy atom. The lowest BCUT2D eigenvalue weighted by Crippen LogP contribution is -2.42. The molecule has 1 saturated heterocycles. The van der Waals surface area contributed by atoms with Gasteiger partial charge in [0.1, 0.15) is 0 Å². The van der Waals surface area contributed by atoms with Crippen molar-refractivity contribution in [2.75, 3.05) is 25.4 Å². The van der Waals surface area contributed by atoms with E-state index in [9.17, 15) is 0 Å². The van der Waals surface area contributed by atoms with Crippen molar-refractivity contribution in [2.45, 2.75) is 25.0 Å². The zero-order chi connectivity index (χ0) is 8.81. The van der Waals surface area contributed by atoms with Crippen LogP contribution in [-0.4, -0.2) is 30.6 Å². The lowest BCUT2D eigenvalue weighted by Gasteiger charge is -2.27. The van der Waals surface area contributed by atoms with Crippen molar-refractivity contribution in [3.05, 3.63) is 0 Å². The first-order chi connectivity index (χ1) is 5.83. The highest BCUT2D eigenvalue weighted by atomic mass is 32.2. The van der Waals surface area contributed by atoms with Gasteiger partial charge in [-0.05, 0) is 44.1 Å². The summed E-state index contributed by atoms with van der Waals surface area (Å²) in [4.78, 5) is 0. The second-order valence-corrected chi connectivity index (χ2v) is 5.12. The molecule has 1 unspecified atom stereocenters. The normalized spacial score (nSPS) is 20.5. The standard InChI is InChI=1S/C9H20N2S/c1-8(2-4-10)12-5-3-9-6-11-7-9/h8-9,11H,2-7,10H2,1H3. The van der Waals surface area contributed by atoms with Crippen molar-refractivity contribution < 1.29 is 0 Å². The van der Waals surface area contributed by atoms with Gasteiger partial charge in [0.2, 0.25) is 0 Å². The first kappa shape index (κ1) is 10.4. The molecular formula is C9H20N2S. The molecule has 72 valence electrons. The van der Waals surface area contributed by atoms with Crippen LogP contribution in [0.4, 0.5) is 0 Å². The Balaban J connectivity index is 1.86. The average molecular weight is 188 g/mol. The maximum atomic E-state index is 5.47. The predicted molar refractivity (Wildman–Crippen MR) is 56.6 cm³/mol. The summed E-state index contributed by atoms with van der Waals surface area (Å²) in [6.45, 7) is 5.59. The molecule has 0 amide bonds. The van der Waals surface area contributed by atoms with Crippen molar-refractivity contribution in [1.82, 2.24) is 5.32 Å². The van der Waals surface area contributed by atoms with Crippen LogP contribution in [0, 0.1) is 5.92 Å². The van der Waals surface area contributed by atoms with Crippen molar-refractivity contribution in [1.29, 1.82) is 0 Å². The Morgan fingerprint density at radius 3 is 2.83 bits per heavy atom. The van der Waals surface area contributed by atoms with Crippen LogP contribution in [0.15, 0.2) is 0 Å². The summed E-state index contributed by atoms with van der Waals surface area (Å²) in [5.41, 5.74) is 5.47.